The third-order valence-corrected chi connectivity index (χ3v) is 4.88. The summed E-state index contributed by atoms with van der Waals surface area (Å²) in [5.41, 5.74) is 1.49. The molecular weight excluding hydrogens is 429 g/mol. The molecule has 1 amide bonds. The Bertz CT molecular complexity index is 1040. The van der Waals surface area contributed by atoms with Gasteiger partial charge in [-0.1, -0.05) is 18.2 Å². The predicted octanol–water partition coefficient (Wildman–Crippen LogP) is 5.68. The highest BCUT2D eigenvalue weighted by Gasteiger charge is 2.30. The lowest BCUT2D eigenvalue weighted by Crippen LogP contribution is -2.22. The third-order valence-electron chi connectivity index (χ3n) is 4.12. The summed E-state index contributed by atoms with van der Waals surface area (Å²) in [5, 5.41) is 7.80. The quantitative estimate of drug-likeness (QED) is 0.485. The number of ether oxygens (including phenoxy) is 1. The van der Waals surface area contributed by atoms with Crippen LogP contribution in [-0.2, 0) is 10.9 Å². The number of thiazole rings is 1. The van der Waals surface area contributed by atoms with Crippen LogP contribution >= 0.6 is 11.3 Å². The van der Waals surface area contributed by atoms with E-state index in [1.54, 1.807) is 29.6 Å². The lowest BCUT2D eigenvalue weighted by atomic mass is 10.1. The number of hydrogen-bond donors (Lipinski definition) is 2. The van der Waals surface area contributed by atoms with Crippen molar-refractivity contribution >= 4 is 33.9 Å². The Morgan fingerprint density at radius 1 is 1.13 bits per heavy atom. The molecule has 0 aliphatic heterocycles. The van der Waals surface area contributed by atoms with Gasteiger partial charge in [-0.3, -0.25) is 5.32 Å². The minimum Gasteiger partial charge on any atom is -0.448 e. The number of nitrogens with one attached hydrogen (secondary N) is 2. The van der Waals surface area contributed by atoms with E-state index in [-0.39, 0.29) is 6.61 Å². The fraction of sp³-hybridized carbons (Fsp3) is 0.238. The normalized spacial score (nSPS) is 11.4. The third kappa shape index (κ3) is 6.69. The van der Waals surface area contributed by atoms with E-state index in [0.717, 1.165) is 17.7 Å². The van der Waals surface area contributed by atoms with Crippen LogP contribution in [0.4, 0.5) is 34.5 Å². The summed E-state index contributed by atoms with van der Waals surface area (Å²) < 4.78 is 43.8. The summed E-state index contributed by atoms with van der Waals surface area (Å²) >= 11 is 1.27. The summed E-state index contributed by atoms with van der Waals surface area (Å²) in [7, 11) is 3.77. The van der Waals surface area contributed by atoms with Gasteiger partial charge >= 0.3 is 12.3 Å². The number of rotatable bonds is 7. The maximum atomic E-state index is 12.9. The Hall–Kier alpha value is -3.11. The second-order valence-corrected chi connectivity index (χ2v) is 7.74. The van der Waals surface area contributed by atoms with E-state index >= 15 is 0 Å². The fourth-order valence-corrected chi connectivity index (χ4v) is 3.33. The van der Waals surface area contributed by atoms with Crippen LogP contribution in [0.25, 0.3) is 11.3 Å². The molecule has 0 spiro atoms. The van der Waals surface area contributed by atoms with Crippen molar-refractivity contribution < 1.29 is 22.7 Å². The molecule has 0 bridgehead atoms. The standard InChI is InChI=1S/C21H21F3N4O2S/c1-28(2)9-10-30-20(29)26-16-7-3-5-14(11-16)18-13-31-19(27-18)25-17-8-4-6-15(12-17)21(22,23)24/h3-8,11-13H,9-10H2,1-2H3,(H,25,27)(H,26,29). The van der Waals surface area contributed by atoms with Gasteiger partial charge in [0.25, 0.3) is 0 Å². The van der Waals surface area contributed by atoms with E-state index < -0.39 is 17.8 Å². The summed E-state index contributed by atoms with van der Waals surface area (Å²) in [6.45, 7) is 0.892. The van der Waals surface area contributed by atoms with Crippen LogP contribution in [-0.4, -0.2) is 43.2 Å². The number of amides is 1. The monoisotopic (exact) mass is 450 g/mol. The molecule has 0 unspecified atom stereocenters. The molecule has 0 saturated carbocycles. The van der Waals surface area contributed by atoms with Crippen LogP contribution < -0.4 is 10.6 Å². The zero-order chi connectivity index (χ0) is 22.4. The minimum absolute atomic E-state index is 0.273. The number of carbonyl (C=O) groups excluding carboxylic acids is 1. The van der Waals surface area contributed by atoms with Crippen LogP contribution in [0.15, 0.2) is 53.9 Å². The van der Waals surface area contributed by atoms with Gasteiger partial charge < -0.3 is 15.0 Å². The number of alkyl halides is 3. The summed E-state index contributed by atoms with van der Waals surface area (Å²) in [4.78, 5) is 18.2. The maximum absolute atomic E-state index is 12.9. The van der Waals surface area contributed by atoms with Crippen LogP contribution in [0.5, 0.6) is 0 Å². The first-order valence-corrected chi connectivity index (χ1v) is 10.2. The summed E-state index contributed by atoms with van der Waals surface area (Å²) in [6, 6.07) is 12.0. The van der Waals surface area contributed by atoms with Crippen molar-refractivity contribution in [1.82, 2.24) is 9.88 Å². The Morgan fingerprint density at radius 3 is 2.61 bits per heavy atom. The average Bonchev–Trinajstić information content (AvgIpc) is 3.16. The molecule has 1 heterocycles. The van der Waals surface area contributed by atoms with Crippen molar-refractivity contribution in [2.45, 2.75) is 6.18 Å². The van der Waals surface area contributed by atoms with Crippen molar-refractivity contribution in [3.05, 3.63) is 59.5 Å². The first-order chi connectivity index (χ1) is 14.7. The van der Waals surface area contributed by atoms with Crippen molar-refractivity contribution in [3.8, 4) is 11.3 Å². The van der Waals surface area contributed by atoms with E-state index in [1.807, 2.05) is 25.1 Å². The molecule has 164 valence electrons. The smallest absolute Gasteiger partial charge is 0.416 e. The van der Waals surface area contributed by atoms with Gasteiger partial charge in [0.05, 0.1) is 11.3 Å². The van der Waals surface area contributed by atoms with Gasteiger partial charge in [0.2, 0.25) is 0 Å². The van der Waals surface area contributed by atoms with Gasteiger partial charge in [-0.25, -0.2) is 9.78 Å². The Labute approximate surface area is 181 Å². The second-order valence-electron chi connectivity index (χ2n) is 6.89. The number of nitrogens with zero attached hydrogens (tertiary/aromatic N) is 2. The van der Waals surface area contributed by atoms with Crippen molar-refractivity contribution in [2.75, 3.05) is 37.9 Å². The first-order valence-electron chi connectivity index (χ1n) is 9.29. The highest BCUT2D eigenvalue weighted by molar-refractivity contribution is 7.14. The minimum atomic E-state index is -4.41. The SMILES string of the molecule is CN(C)CCOC(=O)Nc1cccc(-c2csc(Nc3cccc(C(F)(F)F)c3)n2)c1. The van der Waals surface area contributed by atoms with Crippen LogP contribution in [0.2, 0.25) is 0 Å². The number of benzene rings is 2. The Morgan fingerprint density at radius 2 is 1.87 bits per heavy atom. The molecule has 1 aromatic heterocycles. The number of halogens is 3. The molecule has 0 saturated heterocycles. The van der Waals surface area contributed by atoms with Gasteiger partial charge in [-0.05, 0) is 44.4 Å². The number of anilines is 3. The van der Waals surface area contributed by atoms with Gasteiger partial charge in [0, 0.05) is 28.9 Å². The zero-order valence-corrected chi connectivity index (χ0v) is 17.7. The lowest BCUT2D eigenvalue weighted by Gasteiger charge is -2.11. The summed E-state index contributed by atoms with van der Waals surface area (Å²) in [5.74, 6) is 0. The number of likely N-dealkylation sites (N-methyl/N-ethyl adjacent to an activating group) is 1. The molecule has 2 N–H and O–H groups in total. The van der Waals surface area contributed by atoms with Crippen LogP contribution in [0, 0.1) is 0 Å². The highest BCUT2D eigenvalue weighted by atomic mass is 32.1. The van der Waals surface area contributed by atoms with Crippen LogP contribution in [0.1, 0.15) is 5.56 Å². The Balaban J connectivity index is 1.66. The molecule has 3 aromatic rings. The molecular formula is C21H21F3N4O2S. The molecule has 0 aliphatic carbocycles. The Kier molecular flexibility index (Phi) is 7.13. The maximum Gasteiger partial charge on any atom is 0.416 e. The number of aromatic nitrogens is 1. The largest absolute Gasteiger partial charge is 0.448 e. The van der Waals surface area contributed by atoms with E-state index in [1.165, 1.54) is 17.4 Å². The molecule has 2 aromatic carbocycles. The van der Waals surface area contributed by atoms with Crippen molar-refractivity contribution in [3.63, 3.8) is 0 Å². The van der Waals surface area contributed by atoms with Gasteiger partial charge in [0.1, 0.15) is 6.61 Å². The predicted molar refractivity (Wildman–Crippen MR) is 116 cm³/mol. The van der Waals surface area contributed by atoms with E-state index in [2.05, 4.69) is 15.6 Å². The van der Waals surface area contributed by atoms with E-state index in [0.29, 0.717) is 28.7 Å². The van der Waals surface area contributed by atoms with E-state index in [4.69, 9.17) is 4.74 Å². The first kappa shape index (κ1) is 22.6. The highest BCUT2D eigenvalue weighted by Crippen LogP contribution is 2.33. The molecule has 3 rings (SSSR count). The molecule has 0 atom stereocenters. The molecule has 10 heteroatoms. The van der Waals surface area contributed by atoms with E-state index in [9.17, 15) is 18.0 Å². The molecule has 0 radical (unpaired) electrons. The van der Waals surface area contributed by atoms with Gasteiger partial charge in [-0.15, -0.1) is 11.3 Å². The fourth-order valence-electron chi connectivity index (χ4n) is 2.59. The molecule has 0 aliphatic rings. The topological polar surface area (TPSA) is 66.5 Å². The zero-order valence-electron chi connectivity index (χ0n) is 16.9. The number of hydrogen-bond acceptors (Lipinski definition) is 6. The summed E-state index contributed by atoms with van der Waals surface area (Å²) in [6.07, 6.45) is -4.96. The number of carbonyl (C=O) groups is 1. The lowest BCUT2D eigenvalue weighted by molar-refractivity contribution is -0.137. The molecule has 0 fully saturated rings. The van der Waals surface area contributed by atoms with Gasteiger partial charge in [0.15, 0.2) is 5.13 Å². The van der Waals surface area contributed by atoms with Gasteiger partial charge in [-0.2, -0.15) is 13.2 Å². The van der Waals surface area contributed by atoms with Crippen LogP contribution in [0.3, 0.4) is 0 Å². The molecule has 31 heavy (non-hydrogen) atoms. The van der Waals surface area contributed by atoms with Crippen molar-refractivity contribution in [1.29, 1.82) is 0 Å². The second kappa shape index (κ2) is 9.80. The average molecular weight is 450 g/mol. The van der Waals surface area contributed by atoms with Crippen molar-refractivity contribution in [2.24, 2.45) is 0 Å². The molecule has 6 nitrogen and oxygen atoms in total.